The number of sulfone groups is 1. The van der Waals surface area contributed by atoms with E-state index in [1.807, 2.05) is 32.0 Å². The maximum absolute atomic E-state index is 13.9. The first-order valence-electron chi connectivity index (χ1n) is 11.8. The molecule has 0 N–H and O–H groups in total. The first-order chi connectivity index (χ1) is 17.2. The van der Waals surface area contributed by atoms with Gasteiger partial charge in [0.05, 0.1) is 10.4 Å². The van der Waals surface area contributed by atoms with E-state index < -0.39 is 15.7 Å². The van der Waals surface area contributed by atoms with Gasteiger partial charge in [-0.3, -0.25) is 4.98 Å². The summed E-state index contributed by atoms with van der Waals surface area (Å²) in [6.45, 7) is 5.51. The molecule has 36 heavy (non-hydrogen) atoms. The third-order valence-electron chi connectivity index (χ3n) is 6.32. The molecule has 0 aliphatic carbocycles. The van der Waals surface area contributed by atoms with Crippen molar-refractivity contribution in [3.05, 3.63) is 60.3 Å². The highest BCUT2D eigenvalue weighted by molar-refractivity contribution is 7.90. The van der Waals surface area contributed by atoms with Gasteiger partial charge in [-0.2, -0.15) is 4.98 Å². The average molecular weight is 511 g/mol. The average Bonchev–Trinajstić information content (AvgIpc) is 3.35. The monoisotopic (exact) mass is 510 g/mol. The molecule has 0 radical (unpaired) electrons. The molecule has 1 fully saturated rings. The summed E-state index contributed by atoms with van der Waals surface area (Å²) in [6, 6.07) is 11.6. The molecule has 8 nitrogen and oxygen atoms in total. The number of piperidine rings is 1. The van der Waals surface area contributed by atoms with Crippen LogP contribution in [0.15, 0.2) is 58.1 Å². The first-order valence-corrected chi connectivity index (χ1v) is 13.7. The van der Waals surface area contributed by atoms with E-state index in [4.69, 9.17) is 9.26 Å². The summed E-state index contributed by atoms with van der Waals surface area (Å²) in [5.41, 5.74) is 1.60. The number of benzene rings is 2. The SMILES string of the molecule is CC(C)c1noc(N2CCC(Oc3ccnc4c(-c5ccc(F)cc5S(C)(=O)=O)cccc34)CC2)n1. The van der Waals surface area contributed by atoms with Gasteiger partial charge in [0.25, 0.3) is 0 Å². The fourth-order valence-corrected chi connectivity index (χ4v) is 5.33. The Labute approximate surface area is 209 Å². The number of nitrogens with zero attached hydrogens (tertiary/aromatic N) is 4. The van der Waals surface area contributed by atoms with Crippen LogP contribution >= 0.6 is 0 Å². The largest absolute Gasteiger partial charge is 0.490 e. The Balaban J connectivity index is 1.40. The van der Waals surface area contributed by atoms with E-state index >= 15 is 0 Å². The lowest BCUT2D eigenvalue weighted by atomic mass is 10.0. The van der Waals surface area contributed by atoms with Crippen molar-refractivity contribution in [1.29, 1.82) is 0 Å². The zero-order valence-electron chi connectivity index (χ0n) is 20.3. The summed E-state index contributed by atoms with van der Waals surface area (Å²) < 4.78 is 50.5. The molecule has 1 aliphatic heterocycles. The molecule has 10 heteroatoms. The Bertz CT molecular complexity index is 1510. The molecular formula is C26H27FN4O4S. The van der Waals surface area contributed by atoms with Gasteiger partial charge in [0.2, 0.25) is 0 Å². The predicted octanol–water partition coefficient (Wildman–Crippen LogP) is 5.00. The summed E-state index contributed by atoms with van der Waals surface area (Å²) in [6.07, 6.45) is 4.26. The molecule has 3 heterocycles. The quantitative estimate of drug-likeness (QED) is 0.357. The molecule has 0 bridgehead atoms. The van der Waals surface area contributed by atoms with Crippen molar-refractivity contribution in [2.75, 3.05) is 24.2 Å². The summed E-state index contributed by atoms with van der Waals surface area (Å²) in [5, 5.41) is 4.81. The van der Waals surface area contributed by atoms with Gasteiger partial charge in [0.1, 0.15) is 17.7 Å². The van der Waals surface area contributed by atoms with Crippen LogP contribution in [-0.4, -0.2) is 49.0 Å². The van der Waals surface area contributed by atoms with Crippen molar-refractivity contribution in [3.8, 4) is 16.9 Å². The highest BCUT2D eigenvalue weighted by atomic mass is 32.2. The number of para-hydroxylation sites is 1. The second-order valence-electron chi connectivity index (χ2n) is 9.32. The molecule has 5 rings (SSSR count). The second-order valence-corrected chi connectivity index (χ2v) is 11.3. The predicted molar refractivity (Wildman–Crippen MR) is 134 cm³/mol. The van der Waals surface area contributed by atoms with Gasteiger partial charge in [-0.1, -0.05) is 37.2 Å². The molecule has 0 unspecified atom stereocenters. The Kier molecular flexibility index (Phi) is 6.38. The third kappa shape index (κ3) is 4.77. The van der Waals surface area contributed by atoms with E-state index in [2.05, 4.69) is 20.0 Å². The molecule has 4 aromatic rings. The molecule has 0 spiro atoms. The topological polar surface area (TPSA) is 98.4 Å². The van der Waals surface area contributed by atoms with Gasteiger partial charge in [-0.25, -0.2) is 12.8 Å². The number of rotatable bonds is 6. The van der Waals surface area contributed by atoms with Crippen molar-refractivity contribution in [1.82, 2.24) is 15.1 Å². The van der Waals surface area contributed by atoms with Crippen molar-refractivity contribution in [2.24, 2.45) is 0 Å². The molecule has 1 aliphatic rings. The first kappa shape index (κ1) is 24.2. The number of fused-ring (bicyclic) bond motifs is 1. The van der Waals surface area contributed by atoms with Gasteiger partial charge in [0.15, 0.2) is 15.7 Å². The van der Waals surface area contributed by atoms with Crippen LogP contribution in [0.1, 0.15) is 38.4 Å². The number of pyridine rings is 1. The van der Waals surface area contributed by atoms with Crippen molar-refractivity contribution >= 4 is 26.8 Å². The van der Waals surface area contributed by atoms with Gasteiger partial charge >= 0.3 is 6.01 Å². The molecule has 1 saturated heterocycles. The molecule has 188 valence electrons. The fourth-order valence-electron chi connectivity index (χ4n) is 4.43. The molecule has 2 aromatic heterocycles. The molecule has 0 saturated carbocycles. The van der Waals surface area contributed by atoms with E-state index in [1.54, 1.807) is 12.3 Å². The number of ether oxygens (including phenoxy) is 1. The minimum absolute atomic E-state index is 0.0135. The second kappa shape index (κ2) is 9.50. The highest BCUT2D eigenvalue weighted by Gasteiger charge is 2.25. The maximum atomic E-state index is 13.9. The highest BCUT2D eigenvalue weighted by Crippen LogP contribution is 2.36. The van der Waals surface area contributed by atoms with Crippen molar-refractivity contribution in [2.45, 2.75) is 43.6 Å². The minimum Gasteiger partial charge on any atom is -0.490 e. The summed E-state index contributed by atoms with van der Waals surface area (Å²) in [5.74, 6) is 0.964. The Morgan fingerprint density at radius 3 is 2.58 bits per heavy atom. The summed E-state index contributed by atoms with van der Waals surface area (Å²) >= 11 is 0. The van der Waals surface area contributed by atoms with Crippen LogP contribution in [0, 0.1) is 5.82 Å². The van der Waals surface area contributed by atoms with Crippen LogP contribution < -0.4 is 9.64 Å². The maximum Gasteiger partial charge on any atom is 0.324 e. The van der Waals surface area contributed by atoms with Gasteiger partial charge in [0, 0.05) is 60.8 Å². The Morgan fingerprint density at radius 1 is 1.11 bits per heavy atom. The normalized spacial score (nSPS) is 15.1. The van der Waals surface area contributed by atoms with E-state index in [-0.39, 0.29) is 16.9 Å². The van der Waals surface area contributed by atoms with Crippen LogP contribution in [-0.2, 0) is 9.84 Å². The fraction of sp³-hybridized carbons (Fsp3) is 0.346. The van der Waals surface area contributed by atoms with Crippen LogP contribution in [0.4, 0.5) is 10.4 Å². The van der Waals surface area contributed by atoms with E-state index in [0.717, 1.165) is 43.6 Å². The van der Waals surface area contributed by atoms with E-state index in [0.29, 0.717) is 34.2 Å². The number of halogens is 1. The lowest BCUT2D eigenvalue weighted by molar-refractivity contribution is 0.170. The number of anilines is 1. The van der Waals surface area contributed by atoms with E-state index in [1.165, 1.54) is 12.1 Å². The van der Waals surface area contributed by atoms with Crippen molar-refractivity contribution < 1.29 is 22.1 Å². The van der Waals surface area contributed by atoms with Crippen LogP contribution in [0.5, 0.6) is 5.75 Å². The van der Waals surface area contributed by atoms with Crippen LogP contribution in [0.2, 0.25) is 0 Å². The van der Waals surface area contributed by atoms with Crippen LogP contribution in [0.25, 0.3) is 22.0 Å². The zero-order chi connectivity index (χ0) is 25.4. The zero-order valence-corrected chi connectivity index (χ0v) is 21.1. The Hall–Kier alpha value is -3.53. The minimum atomic E-state index is -3.66. The number of aromatic nitrogens is 3. The standard InChI is InChI=1S/C26H27FN4O4S/c1-16(2)25-29-26(35-30-25)31-13-10-18(11-14-31)34-22-9-12-28-24-20(5-4-6-21(22)24)19-8-7-17(27)15-23(19)36(3,32)33/h4-9,12,15-16,18H,10-11,13-14H2,1-3H3. The lowest BCUT2D eigenvalue weighted by Gasteiger charge is -2.31. The molecule has 0 atom stereocenters. The third-order valence-corrected chi connectivity index (χ3v) is 7.45. The lowest BCUT2D eigenvalue weighted by Crippen LogP contribution is -2.38. The number of hydrogen-bond acceptors (Lipinski definition) is 8. The molecule has 0 amide bonds. The summed E-state index contributed by atoms with van der Waals surface area (Å²) in [4.78, 5) is 11.0. The summed E-state index contributed by atoms with van der Waals surface area (Å²) in [7, 11) is -3.66. The Morgan fingerprint density at radius 2 is 1.89 bits per heavy atom. The molecular weight excluding hydrogens is 483 g/mol. The smallest absolute Gasteiger partial charge is 0.324 e. The van der Waals surface area contributed by atoms with Crippen LogP contribution in [0.3, 0.4) is 0 Å². The van der Waals surface area contributed by atoms with Crippen molar-refractivity contribution in [3.63, 3.8) is 0 Å². The van der Waals surface area contributed by atoms with E-state index in [9.17, 15) is 12.8 Å². The van der Waals surface area contributed by atoms with Gasteiger partial charge in [-0.05, 0) is 24.3 Å². The molecule has 2 aromatic carbocycles. The van der Waals surface area contributed by atoms with Gasteiger partial charge in [-0.15, -0.1) is 0 Å². The number of hydrogen-bond donors (Lipinski definition) is 0. The van der Waals surface area contributed by atoms with Gasteiger partial charge < -0.3 is 14.2 Å².